The molecule has 0 aliphatic heterocycles. The number of phenolic OH excluding ortho intramolecular Hbond substituents is 1. The van der Waals surface area contributed by atoms with Crippen molar-refractivity contribution < 1.29 is 9.90 Å². The van der Waals surface area contributed by atoms with Gasteiger partial charge in [-0.2, -0.15) is 0 Å². The molecule has 0 spiro atoms. The van der Waals surface area contributed by atoms with E-state index in [4.69, 9.17) is 11.6 Å². The van der Waals surface area contributed by atoms with E-state index in [1.807, 2.05) is 0 Å². The van der Waals surface area contributed by atoms with Gasteiger partial charge in [-0.15, -0.1) is 0 Å². The van der Waals surface area contributed by atoms with Crippen molar-refractivity contribution in [3.63, 3.8) is 0 Å². The minimum atomic E-state index is -0.509. The van der Waals surface area contributed by atoms with Crippen molar-refractivity contribution in [1.29, 1.82) is 0 Å². The van der Waals surface area contributed by atoms with Crippen LogP contribution in [0.25, 0.3) is 0 Å². The van der Waals surface area contributed by atoms with Crippen molar-refractivity contribution in [3.05, 3.63) is 46.2 Å². The van der Waals surface area contributed by atoms with Crippen LogP contribution in [0.15, 0.2) is 24.3 Å². The maximum Gasteiger partial charge on any atom is 0.261 e. The molecule has 1 amide bonds. The highest BCUT2D eigenvalue weighted by atomic mass is 35.5. The SMILES string of the molecule is Cc1cc(C)nc(NC(=O)c2cc(Cl)ccc2O)n1. The summed E-state index contributed by atoms with van der Waals surface area (Å²) in [5, 5.41) is 12.5. The topological polar surface area (TPSA) is 75.1 Å². The number of aryl methyl sites for hydroxylation is 2. The second kappa shape index (κ2) is 5.24. The zero-order chi connectivity index (χ0) is 14.0. The number of carbonyl (C=O) groups is 1. The molecule has 1 heterocycles. The first-order valence-corrected chi connectivity index (χ1v) is 5.95. The highest BCUT2D eigenvalue weighted by Gasteiger charge is 2.13. The van der Waals surface area contributed by atoms with Crippen LogP contribution in [0.5, 0.6) is 5.75 Å². The number of aromatic hydroxyl groups is 1. The van der Waals surface area contributed by atoms with E-state index in [1.165, 1.54) is 18.2 Å². The lowest BCUT2D eigenvalue weighted by Crippen LogP contribution is -2.15. The number of benzene rings is 1. The highest BCUT2D eigenvalue weighted by Crippen LogP contribution is 2.22. The first-order chi connectivity index (χ1) is 8.95. The highest BCUT2D eigenvalue weighted by molar-refractivity contribution is 6.31. The Morgan fingerprint density at radius 2 is 1.84 bits per heavy atom. The van der Waals surface area contributed by atoms with Crippen molar-refractivity contribution >= 4 is 23.5 Å². The third kappa shape index (κ3) is 3.20. The van der Waals surface area contributed by atoms with Crippen LogP contribution in [0, 0.1) is 13.8 Å². The van der Waals surface area contributed by atoms with Gasteiger partial charge >= 0.3 is 0 Å². The lowest BCUT2D eigenvalue weighted by atomic mass is 10.2. The Balaban J connectivity index is 2.28. The van der Waals surface area contributed by atoms with E-state index in [1.54, 1.807) is 19.9 Å². The van der Waals surface area contributed by atoms with Gasteiger partial charge in [-0.1, -0.05) is 11.6 Å². The molecule has 2 N–H and O–H groups in total. The van der Waals surface area contributed by atoms with Crippen LogP contribution in [0.1, 0.15) is 21.7 Å². The second-order valence-corrected chi connectivity index (χ2v) is 4.53. The minimum Gasteiger partial charge on any atom is -0.507 e. The zero-order valence-corrected chi connectivity index (χ0v) is 11.2. The van der Waals surface area contributed by atoms with Crippen LogP contribution in [0.3, 0.4) is 0 Å². The van der Waals surface area contributed by atoms with Gasteiger partial charge in [-0.3, -0.25) is 10.1 Å². The number of nitrogens with zero attached hydrogens (tertiary/aromatic N) is 2. The van der Waals surface area contributed by atoms with Gasteiger partial charge in [0.15, 0.2) is 0 Å². The van der Waals surface area contributed by atoms with Crippen LogP contribution < -0.4 is 5.32 Å². The van der Waals surface area contributed by atoms with Gasteiger partial charge in [0.1, 0.15) is 5.75 Å². The Kier molecular flexibility index (Phi) is 3.66. The average molecular weight is 278 g/mol. The Bertz CT molecular complexity index is 624. The van der Waals surface area contributed by atoms with Crippen molar-refractivity contribution in [1.82, 2.24) is 9.97 Å². The number of rotatable bonds is 2. The molecule has 1 aromatic carbocycles. The van der Waals surface area contributed by atoms with E-state index in [9.17, 15) is 9.90 Å². The molecule has 2 rings (SSSR count). The Hall–Kier alpha value is -2.14. The maximum absolute atomic E-state index is 12.0. The number of halogens is 1. The molecule has 6 heteroatoms. The number of amides is 1. The van der Waals surface area contributed by atoms with Gasteiger partial charge in [-0.25, -0.2) is 9.97 Å². The Labute approximate surface area is 115 Å². The van der Waals surface area contributed by atoms with Crippen molar-refractivity contribution in [3.8, 4) is 5.75 Å². The third-order valence-electron chi connectivity index (χ3n) is 2.41. The number of phenols is 1. The average Bonchev–Trinajstić information content (AvgIpc) is 2.30. The number of anilines is 1. The number of nitrogens with one attached hydrogen (secondary N) is 1. The molecule has 0 atom stereocenters. The van der Waals surface area contributed by atoms with Crippen molar-refractivity contribution in [2.75, 3.05) is 5.32 Å². The van der Waals surface area contributed by atoms with Crippen molar-refractivity contribution in [2.45, 2.75) is 13.8 Å². The molecule has 0 bridgehead atoms. The normalized spacial score (nSPS) is 10.3. The van der Waals surface area contributed by atoms with Crippen LogP contribution in [-0.2, 0) is 0 Å². The molecule has 0 unspecified atom stereocenters. The predicted octanol–water partition coefficient (Wildman–Crippen LogP) is 2.70. The number of hydrogen-bond acceptors (Lipinski definition) is 4. The molecule has 19 heavy (non-hydrogen) atoms. The first kappa shape index (κ1) is 13.3. The molecule has 0 aliphatic rings. The Morgan fingerprint density at radius 1 is 1.21 bits per heavy atom. The summed E-state index contributed by atoms with van der Waals surface area (Å²) in [5.74, 6) is -0.460. The molecule has 0 saturated carbocycles. The molecule has 0 aliphatic carbocycles. The van der Waals surface area contributed by atoms with E-state index in [0.29, 0.717) is 5.02 Å². The predicted molar refractivity (Wildman–Crippen MR) is 72.6 cm³/mol. The van der Waals surface area contributed by atoms with E-state index < -0.39 is 5.91 Å². The molecular formula is C13H12ClN3O2. The van der Waals surface area contributed by atoms with Gasteiger partial charge in [0.05, 0.1) is 5.56 Å². The summed E-state index contributed by atoms with van der Waals surface area (Å²) < 4.78 is 0. The van der Waals surface area contributed by atoms with Gasteiger partial charge < -0.3 is 5.11 Å². The Morgan fingerprint density at radius 3 is 2.47 bits per heavy atom. The summed E-state index contributed by atoms with van der Waals surface area (Å²) >= 11 is 5.79. The molecule has 1 aromatic heterocycles. The minimum absolute atomic E-state index is 0.0789. The molecule has 0 radical (unpaired) electrons. The number of carbonyl (C=O) groups excluding carboxylic acids is 1. The van der Waals surface area contributed by atoms with E-state index in [2.05, 4.69) is 15.3 Å². The summed E-state index contributed by atoms with van der Waals surface area (Å²) in [5.41, 5.74) is 1.58. The summed E-state index contributed by atoms with van der Waals surface area (Å²) in [6.07, 6.45) is 0. The van der Waals surface area contributed by atoms with E-state index in [0.717, 1.165) is 11.4 Å². The maximum atomic E-state index is 12.0. The molecular weight excluding hydrogens is 266 g/mol. The van der Waals surface area contributed by atoms with Gasteiger partial charge in [0, 0.05) is 16.4 Å². The standard InChI is InChI=1S/C13H12ClN3O2/c1-7-5-8(2)16-13(15-7)17-12(19)10-6-9(14)3-4-11(10)18/h3-6,18H,1-2H3,(H,15,16,17,19). The smallest absolute Gasteiger partial charge is 0.261 e. The molecule has 0 saturated heterocycles. The molecule has 98 valence electrons. The summed E-state index contributed by atoms with van der Waals surface area (Å²) in [6, 6.07) is 6.04. The van der Waals surface area contributed by atoms with E-state index in [-0.39, 0.29) is 17.3 Å². The fourth-order valence-corrected chi connectivity index (χ4v) is 1.81. The third-order valence-corrected chi connectivity index (χ3v) is 2.65. The fourth-order valence-electron chi connectivity index (χ4n) is 1.64. The quantitative estimate of drug-likeness (QED) is 0.885. The van der Waals surface area contributed by atoms with Gasteiger partial charge in [0.25, 0.3) is 5.91 Å². The summed E-state index contributed by atoms with van der Waals surface area (Å²) in [4.78, 5) is 20.2. The van der Waals surface area contributed by atoms with Crippen molar-refractivity contribution in [2.24, 2.45) is 0 Å². The summed E-state index contributed by atoms with van der Waals surface area (Å²) in [6.45, 7) is 3.61. The number of aromatic nitrogens is 2. The van der Waals surface area contributed by atoms with Crippen LogP contribution in [0.4, 0.5) is 5.95 Å². The monoisotopic (exact) mass is 277 g/mol. The number of hydrogen-bond donors (Lipinski definition) is 2. The molecule has 5 nitrogen and oxygen atoms in total. The van der Waals surface area contributed by atoms with E-state index >= 15 is 0 Å². The lowest BCUT2D eigenvalue weighted by molar-refractivity contribution is 0.102. The van der Waals surface area contributed by atoms with Gasteiger partial charge in [-0.05, 0) is 38.1 Å². The van der Waals surface area contributed by atoms with Gasteiger partial charge in [0.2, 0.25) is 5.95 Å². The first-order valence-electron chi connectivity index (χ1n) is 5.58. The van der Waals surface area contributed by atoms with Crippen LogP contribution in [0.2, 0.25) is 5.02 Å². The molecule has 2 aromatic rings. The second-order valence-electron chi connectivity index (χ2n) is 4.09. The zero-order valence-electron chi connectivity index (χ0n) is 10.4. The van der Waals surface area contributed by atoms with Crippen LogP contribution in [-0.4, -0.2) is 21.0 Å². The largest absolute Gasteiger partial charge is 0.507 e. The lowest BCUT2D eigenvalue weighted by Gasteiger charge is -2.07. The van der Waals surface area contributed by atoms with Crippen LogP contribution >= 0.6 is 11.6 Å². The molecule has 0 fully saturated rings. The fraction of sp³-hybridized carbons (Fsp3) is 0.154. The summed E-state index contributed by atoms with van der Waals surface area (Å²) in [7, 11) is 0.